The zero-order chi connectivity index (χ0) is 17.5. The summed E-state index contributed by atoms with van der Waals surface area (Å²) in [5.74, 6) is -0.869. The van der Waals surface area contributed by atoms with Crippen LogP contribution in [0.25, 0.3) is 0 Å². The van der Waals surface area contributed by atoms with E-state index in [4.69, 9.17) is 5.11 Å². The lowest BCUT2D eigenvalue weighted by atomic mass is 10.0. The molecule has 0 aliphatic heterocycles. The van der Waals surface area contributed by atoms with Gasteiger partial charge in [0.15, 0.2) is 0 Å². The Kier molecular flexibility index (Phi) is 6.56. The van der Waals surface area contributed by atoms with Crippen molar-refractivity contribution in [3.05, 3.63) is 70.8 Å². The van der Waals surface area contributed by atoms with Gasteiger partial charge in [0, 0.05) is 12.6 Å². The van der Waals surface area contributed by atoms with E-state index in [0.717, 1.165) is 31.5 Å². The van der Waals surface area contributed by atoms with Crippen molar-refractivity contribution in [1.82, 2.24) is 4.90 Å². The molecule has 3 heteroatoms. The number of aromatic carboxylic acids is 1. The van der Waals surface area contributed by atoms with Crippen molar-refractivity contribution in [3.63, 3.8) is 0 Å². The maximum Gasteiger partial charge on any atom is 0.335 e. The van der Waals surface area contributed by atoms with Gasteiger partial charge in [0.25, 0.3) is 0 Å². The smallest absolute Gasteiger partial charge is 0.335 e. The highest BCUT2D eigenvalue weighted by molar-refractivity contribution is 5.87. The van der Waals surface area contributed by atoms with Gasteiger partial charge in [-0.05, 0) is 49.6 Å². The van der Waals surface area contributed by atoms with Gasteiger partial charge in [-0.2, -0.15) is 0 Å². The van der Waals surface area contributed by atoms with Crippen LogP contribution < -0.4 is 0 Å². The fourth-order valence-corrected chi connectivity index (χ4v) is 3.06. The molecule has 0 radical (unpaired) electrons. The number of carboxylic acid groups (broad SMARTS) is 1. The van der Waals surface area contributed by atoms with Gasteiger partial charge in [-0.25, -0.2) is 4.79 Å². The Morgan fingerprint density at radius 2 is 1.79 bits per heavy atom. The molecule has 0 aromatic heterocycles. The number of carbonyl (C=O) groups is 1. The van der Waals surface area contributed by atoms with Crippen molar-refractivity contribution in [1.29, 1.82) is 0 Å². The third-order valence-electron chi connectivity index (χ3n) is 4.55. The van der Waals surface area contributed by atoms with Crippen LogP contribution in [0.2, 0.25) is 0 Å². The molecule has 24 heavy (non-hydrogen) atoms. The maximum atomic E-state index is 11.2. The van der Waals surface area contributed by atoms with Crippen molar-refractivity contribution in [2.45, 2.75) is 46.2 Å². The molecule has 0 saturated heterocycles. The van der Waals surface area contributed by atoms with Gasteiger partial charge in [0.05, 0.1) is 5.56 Å². The van der Waals surface area contributed by atoms with Gasteiger partial charge < -0.3 is 5.11 Å². The van der Waals surface area contributed by atoms with Crippen LogP contribution in [0.3, 0.4) is 0 Å². The molecule has 2 aromatic carbocycles. The molecule has 0 heterocycles. The molecule has 0 amide bonds. The fourth-order valence-electron chi connectivity index (χ4n) is 3.06. The van der Waals surface area contributed by atoms with Crippen LogP contribution in [-0.2, 0) is 13.0 Å². The normalized spacial score (nSPS) is 12.3. The van der Waals surface area contributed by atoms with Crippen molar-refractivity contribution in [2.24, 2.45) is 0 Å². The Balaban J connectivity index is 2.11. The molecule has 2 aromatic rings. The lowest BCUT2D eigenvalue weighted by molar-refractivity contribution is 0.0696. The molecular formula is C21H27NO2. The van der Waals surface area contributed by atoms with Crippen molar-refractivity contribution < 1.29 is 9.90 Å². The summed E-state index contributed by atoms with van der Waals surface area (Å²) in [6.45, 7) is 8.21. The third kappa shape index (κ3) is 4.93. The number of benzene rings is 2. The molecule has 0 aliphatic rings. The highest BCUT2D eigenvalue weighted by Crippen LogP contribution is 2.17. The molecule has 0 bridgehead atoms. The van der Waals surface area contributed by atoms with E-state index in [0.29, 0.717) is 11.6 Å². The number of rotatable bonds is 8. The van der Waals surface area contributed by atoms with Crippen LogP contribution in [0.15, 0.2) is 48.5 Å². The predicted octanol–water partition coefficient (Wildman–Crippen LogP) is 4.54. The summed E-state index contributed by atoms with van der Waals surface area (Å²) in [5, 5.41) is 9.16. The van der Waals surface area contributed by atoms with Gasteiger partial charge in [0.1, 0.15) is 0 Å². The lowest BCUT2D eigenvalue weighted by Crippen LogP contribution is -2.36. The van der Waals surface area contributed by atoms with Crippen LogP contribution in [0, 0.1) is 6.92 Å². The summed E-state index contributed by atoms with van der Waals surface area (Å²) in [5.41, 5.74) is 4.05. The average Bonchev–Trinajstić information content (AvgIpc) is 2.59. The van der Waals surface area contributed by atoms with Crippen LogP contribution >= 0.6 is 0 Å². The topological polar surface area (TPSA) is 40.5 Å². The Bertz CT molecular complexity index is 664. The van der Waals surface area contributed by atoms with E-state index in [1.165, 1.54) is 11.1 Å². The summed E-state index contributed by atoms with van der Waals surface area (Å²) in [4.78, 5) is 13.6. The summed E-state index contributed by atoms with van der Waals surface area (Å²) >= 11 is 0. The second-order valence-corrected chi connectivity index (χ2v) is 6.32. The van der Waals surface area contributed by atoms with Gasteiger partial charge in [-0.15, -0.1) is 0 Å². The first-order valence-electron chi connectivity index (χ1n) is 8.65. The fraction of sp³-hybridized carbons (Fsp3) is 0.381. The molecule has 0 saturated carbocycles. The summed E-state index contributed by atoms with van der Waals surface area (Å²) in [6.07, 6.45) is 2.09. The molecule has 128 valence electrons. The van der Waals surface area contributed by atoms with Crippen molar-refractivity contribution >= 4 is 5.97 Å². The first-order chi connectivity index (χ1) is 11.5. The molecule has 1 N–H and O–H groups in total. The van der Waals surface area contributed by atoms with E-state index >= 15 is 0 Å². The molecule has 1 atom stereocenters. The van der Waals surface area contributed by atoms with Crippen LogP contribution in [0.5, 0.6) is 0 Å². The van der Waals surface area contributed by atoms with E-state index in [1.54, 1.807) is 12.1 Å². The van der Waals surface area contributed by atoms with Gasteiger partial charge >= 0.3 is 5.97 Å². The van der Waals surface area contributed by atoms with Crippen molar-refractivity contribution in [3.8, 4) is 0 Å². The molecule has 3 nitrogen and oxygen atoms in total. The van der Waals surface area contributed by atoms with Crippen LogP contribution in [-0.4, -0.2) is 28.6 Å². The van der Waals surface area contributed by atoms with E-state index < -0.39 is 5.97 Å². The van der Waals surface area contributed by atoms with E-state index in [9.17, 15) is 4.79 Å². The highest BCUT2D eigenvalue weighted by Gasteiger charge is 2.17. The molecule has 2 rings (SSSR count). The standard InChI is InChI=1S/C21H27NO2/c1-4-20(14-17-11-9-16(3)10-12-17)22(5-2)15-18-7-6-8-19(13-18)21(23)24/h6-13,20H,4-5,14-15H2,1-3H3,(H,23,24). The predicted molar refractivity (Wildman–Crippen MR) is 98.4 cm³/mol. The lowest BCUT2D eigenvalue weighted by Gasteiger charge is -2.30. The molecule has 0 spiro atoms. The first kappa shape index (κ1) is 18.2. The zero-order valence-electron chi connectivity index (χ0n) is 14.8. The number of carboxylic acids is 1. The Labute approximate surface area is 144 Å². The first-order valence-corrected chi connectivity index (χ1v) is 8.65. The summed E-state index contributed by atoms with van der Waals surface area (Å²) < 4.78 is 0. The Morgan fingerprint density at radius 1 is 1.08 bits per heavy atom. The third-order valence-corrected chi connectivity index (χ3v) is 4.55. The zero-order valence-corrected chi connectivity index (χ0v) is 14.8. The summed E-state index contributed by atoms with van der Waals surface area (Å²) in [6, 6.07) is 16.4. The number of hydrogen-bond acceptors (Lipinski definition) is 2. The average molecular weight is 325 g/mol. The van der Waals surface area contributed by atoms with Crippen molar-refractivity contribution in [2.75, 3.05) is 6.54 Å². The Hall–Kier alpha value is -2.13. The minimum Gasteiger partial charge on any atom is -0.478 e. The summed E-state index contributed by atoms with van der Waals surface area (Å²) in [7, 11) is 0. The molecule has 1 unspecified atom stereocenters. The van der Waals surface area contributed by atoms with E-state index in [-0.39, 0.29) is 0 Å². The Morgan fingerprint density at radius 3 is 2.38 bits per heavy atom. The number of likely N-dealkylation sites (N-methyl/N-ethyl adjacent to an activating group) is 1. The monoisotopic (exact) mass is 325 g/mol. The van der Waals surface area contributed by atoms with Gasteiger partial charge in [-0.1, -0.05) is 55.8 Å². The second-order valence-electron chi connectivity index (χ2n) is 6.32. The number of hydrogen-bond donors (Lipinski definition) is 1. The molecular weight excluding hydrogens is 298 g/mol. The van der Waals surface area contributed by atoms with Gasteiger partial charge in [0.2, 0.25) is 0 Å². The number of aryl methyl sites for hydroxylation is 1. The van der Waals surface area contributed by atoms with Gasteiger partial charge in [-0.3, -0.25) is 4.90 Å². The second kappa shape index (κ2) is 8.65. The highest BCUT2D eigenvalue weighted by atomic mass is 16.4. The quantitative estimate of drug-likeness (QED) is 0.775. The van der Waals surface area contributed by atoms with Crippen LogP contribution in [0.4, 0.5) is 0 Å². The van der Waals surface area contributed by atoms with E-state index in [2.05, 4.69) is 49.9 Å². The molecule has 0 aliphatic carbocycles. The molecule has 0 fully saturated rings. The minimum absolute atomic E-state index is 0.357. The minimum atomic E-state index is -0.869. The maximum absolute atomic E-state index is 11.2. The SMILES string of the molecule is CCC(Cc1ccc(C)cc1)N(CC)Cc1cccc(C(=O)O)c1. The number of nitrogens with zero attached hydrogens (tertiary/aromatic N) is 1. The van der Waals surface area contributed by atoms with Crippen LogP contribution in [0.1, 0.15) is 47.3 Å². The largest absolute Gasteiger partial charge is 0.478 e. The van der Waals surface area contributed by atoms with E-state index in [1.807, 2.05) is 12.1 Å².